The predicted molar refractivity (Wildman–Crippen MR) is 89.5 cm³/mol. The van der Waals surface area contributed by atoms with Crippen molar-refractivity contribution in [2.24, 2.45) is 0 Å². The SMILES string of the molecule is COc1cc(OC)cc(OCCNC(=O)NCc2cccnc2)c1. The quantitative estimate of drug-likeness (QED) is 0.723. The van der Waals surface area contributed by atoms with Crippen molar-refractivity contribution in [1.82, 2.24) is 15.6 Å². The molecule has 2 amide bonds. The molecule has 0 bridgehead atoms. The molecule has 24 heavy (non-hydrogen) atoms. The molecule has 0 aliphatic carbocycles. The van der Waals surface area contributed by atoms with Crippen molar-refractivity contribution in [2.75, 3.05) is 27.4 Å². The van der Waals surface area contributed by atoms with Gasteiger partial charge in [-0.15, -0.1) is 0 Å². The molecule has 0 aliphatic heterocycles. The minimum atomic E-state index is -0.259. The molecule has 0 atom stereocenters. The van der Waals surface area contributed by atoms with Crippen LogP contribution in [0, 0.1) is 0 Å². The molecule has 2 rings (SSSR count). The average Bonchev–Trinajstić information content (AvgIpc) is 2.64. The summed E-state index contributed by atoms with van der Waals surface area (Å²) in [7, 11) is 3.15. The minimum Gasteiger partial charge on any atom is -0.496 e. The van der Waals surface area contributed by atoms with Gasteiger partial charge >= 0.3 is 6.03 Å². The summed E-state index contributed by atoms with van der Waals surface area (Å²) in [6, 6.07) is 8.73. The molecule has 0 aliphatic rings. The molecule has 0 radical (unpaired) electrons. The number of ether oxygens (including phenoxy) is 3. The monoisotopic (exact) mass is 331 g/mol. The van der Waals surface area contributed by atoms with Crippen molar-refractivity contribution in [1.29, 1.82) is 0 Å². The summed E-state index contributed by atoms with van der Waals surface area (Å²) in [6.07, 6.45) is 3.40. The maximum absolute atomic E-state index is 11.7. The molecule has 2 N–H and O–H groups in total. The second-order valence-electron chi connectivity index (χ2n) is 4.87. The molecule has 1 heterocycles. The lowest BCUT2D eigenvalue weighted by atomic mass is 10.3. The van der Waals surface area contributed by atoms with E-state index in [1.165, 1.54) is 0 Å². The number of benzene rings is 1. The fourth-order valence-corrected chi connectivity index (χ4v) is 1.95. The summed E-state index contributed by atoms with van der Waals surface area (Å²) in [5.41, 5.74) is 0.937. The van der Waals surface area contributed by atoms with Crippen molar-refractivity contribution in [3.63, 3.8) is 0 Å². The van der Waals surface area contributed by atoms with Crippen LogP contribution in [0.3, 0.4) is 0 Å². The van der Waals surface area contributed by atoms with Gasteiger partial charge in [0.25, 0.3) is 0 Å². The maximum atomic E-state index is 11.7. The van der Waals surface area contributed by atoms with E-state index in [9.17, 15) is 4.79 Å². The zero-order valence-corrected chi connectivity index (χ0v) is 13.7. The highest BCUT2D eigenvalue weighted by molar-refractivity contribution is 5.73. The van der Waals surface area contributed by atoms with Crippen molar-refractivity contribution >= 4 is 6.03 Å². The van der Waals surface area contributed by atoms with E-state index in [0.29, 0.717) is 36.9 Å². The Morgan fingerprint density at radius 3 is 2.42 bits per heavy atom. The predicted octanol–water partition coefficient (Wildman–Crippen LogP) is 1.98. The smallest absolute Gasteiger partial charge is 0.315 e. The van der Waals surface area contributed by atoms with Crippen LogP contribution in [0.4, 0.5) is 4.79 Å². The lowest BCUT2D eigenvalue weighted by molar-refractivity contribution is 0.236. The number of amides is 2. The van der Waals surface area contributed by atoms with Crippen LogP contribution in [-0.2, 0) is 6.54 Å². The second-order valence-corrected chi connectivity index (χ2v) is 4.87. The number of hydrogen-bond acceptors (Lipinski definition) is 5. The van der Waals surface area contributed by atoms with E-state index in [1.54, 1.807) is 44.8 Å². The Labute approximate surface area is 140 Å². The van der Waals surface area contributed by atoms with Gasteiger partial charge in [0, 0.05) is 37.1 Å². The molecule has 1 aromatic heterocycles. The molecular weight excluding hydrogens is 310 g/mol. The highest BCUT2D eigenvalue weighted by atomic mass is 16.5. The van der Waals surface area contributed by atoms with E-state index in [4.69, 9.17) is 14.2 Å². The summed E-state index contributed by atoms with van der Waals surface area (Å²) in [4.78, 5) is 15.7. The van der Waals surface area contributed by atoms with E-state index in [2.05, 4.69) is 15.6 Å². The standard InChI is InChI=1S/C17H21N3O4/c1-22-14-8-15(23-2)10-16(9-14)24-7-6-19-17(21)20-12-13-4-3-5-18-11-13/h3-5,8-11H,6-7,12H2,1-2H3,(H2,19,20,21). The molecule has 0 saturated heterocycles. The van der Waals surface area contributed by atoms with Gasteiger partial charge in [0.2, 0.25) is 0 Å². The summed E-state index contributed by atoms with van der Waals surface area (Å²) in [6.45, 7) is 1.13. The van der Waals surface area contributed by atoms with Gasteiger partial charge in [0.15, 0.2) is 0 Å². The number of pyridine rings is 1. The molecule has 0 spiro atoms. The molecule has 1 aromatic carbocycles. The Balaban J connectivity index is 1.69. The molecule has 0 saturated carbocycles. The third kappa shape index (κ3) is 5.68. The Hall–Kier alpha value is -2.96. The minimum absolute atomic E-state index is 0.259. The number of rotatable bonds is 8. The Bertz CT molecular complexity index is 627. The number of carbonyl (C=O) groups excluding carboxylic acids is 1. The number of methoxy groups -OCH3 is 2. The normalized spacial score (nSPS) is 9.92. The van der Waals surface area contributed by atoms with E-state index >= 15 is 0 Å². The van der Waals surface area contributed by atoms with Gasteiger partial charge in [0.1, 0.15) is 23.9 Å². The average molecular weight is 331 g/mol. The van der Waals surface area contributed by atoms with Crippen LogP contribution in [0.1, 0.15) is 5.56 Å². The highest BCUT2D eigenvalue weighted by Crippen LogP contribution is 2.27. The first kappa shape index (κ1) is 17.4. The molecule has 0 fully saturated rings. The van der Waals surface area contributed by atoms with Crippen LogP contribution < -0.4 is 24.8 Å². The molecular formula is C17H21N3O4. The van der Waals surface area contributed by atoms with Gasteiger partial charge in [-0.25, -0.2) is 4.79 Å². The van der Waals surface area contributed by atoms with E-state index in [-0.39, 0.29) is 6.03 Å². The zero-order valence-electron chi connectivity index (χ0n) is 13.7. The largest absolute Gasteiger partial charge is 0.496 e. The molecule has 0 unspecified atom stereocenters. The van der Waals surface area contributed by atoms with E-state index < -0.39 is 0 Å². The Morgan fingerprint density at radius 2 is 1.79 bits per heavy atom. The van der Waals surface area contributed by atoms with Gasteiger partial charge in [-0.2, -0.15) is 0 Å². The van der Waals surface area contributed by atoms with Gasteiger partial charge < -0.3 is 24.8 Å². The highest BCUT2D eigenvalue weighted by Gasteiger charge is 2.04. The fourth-order valence-electron chi connectivity index (χ4n) is 1.95. The van der Waals surface area contributed by atoms with Crippen molar-refractivity contribution in [3.8, 4) is 17.2 Å². The first-order valence-electron chi connectivity index (χ1n) is 7.47. The molecule has 7 nitrogen and oxygen atoms in total. The third-order valence-electron chi connectivity index (χ3n) is 3.16. The number of aromatic nitrogens is 1. The third-order valence-corrected chi connectivity index (χ3v) is 3.16. The first-order valence-corrected chi connectivity index (χ1v) is 7.47. The van der Waals surface area contributed by atoms with Crippen molar-refractivity contribution < 1.29 is 19.0 Å². The number of urea groups is 1. The van der Waals surface area contributed by atoms with Gasteiger partial charge in [-0.05, 0) is 11.6 Å². The number of hydrogen-bond donors (Lipinski definition) is 2. The lowest BCUT2D eigenvalue weighted by Crippen LogP contribution is -2.37. The molecule has 2 aromatic rings. The molecule has 128 valence electrons. The van der Waals surface area contributed by atoms with Crippen LogP contribution in [0.15, 0.2) is 42.7 Å². The van der Waals surface area contributed by atoms with E-state index in [1.807, 2.05) is 12.1 Å². The van der Waals surface area contributed by atoms with Crippen molar-refractivity contribution in [3.05, 3.63) is 48.3 Å². The zero-order chi connectivity index (χ0) is 17.2. The molecule has 7 heteroatoms. The van der Waals surface area contributed by atoms with Crippen molar-refractivity contribution in [2.45, 2.75) is 6.54 Å². The maximum Gasteiger partial charge on any atom is 0.315 e. The van der Waals surface area contributed by atoms with Gasteiger partial charge in [-0.3, -0.25) is 4.98 Å². The van der Waals surface area contributed by atoms with Crippen LogP contribution in [0.2, 0.25) is 0 Å². The summed E-state index contributed by atoms with van der Waals surface area (Å²) < 4.78 is 15.9. The first-order chi connectivity index (χ1) is 11.7. The summed E-state index contributed by atoms with van der Waals surface area (Å²) >= 11 is 0. The van der Waals surface area contributed by atoms with Gasteiger partial charge in [0.05, 0.1) is 20.8 Å². The summed E-state index contributed by atoms with van der Waals surface area (Å²) in [5.74, 6) is 1.90. The fraction of sp³-hybridized carbons (Fsp3) is 0.294. The summed E-state index contributed by atoms with van der Waals surface area (Å²) in [5, 5.41) is 5.47. The topological polar surface area (TPSA) is 81.7 Å². The van der Waals surface area contributed by atoms with Crippen LogP contribution in [0.25, 0.3) is 0 Å². The second kappa shape index (κ2) is 9.24. The van der Waals surface area contributed by atoms with Crippen LogP contribution in [-0.4, -0.2) is 38.4 Å². The van der Waals surface area contributed by atoms with Crippen LogP contribution in [0.5, 0.6) is 17.2 Å². The lowest BCUT2D eigenvalue weighted by Gasteiger charge is -2.11. The number of carbonyl (C=O) groups is 1. The Morgan fingerprint density at radius 1 is 1.08 bits per heavy atom. The number of nitrogens with one attached hydrogen (secondary N) is 2. The Kier molecular flexibility index (Phi) is 6.70. The van der Waals surface area contributed by atoms with E-state index in [0.717, 1.165) is 5.56 Å². The van der Waals surface area contributed by atoms with Crippen LogP contribution >= 0.6 is 0 Å². The van der Waals surface area contributed by atoms with Gasteiger partial charge in [-0.1, -0.05) is 6.07 Å². The number of nitrogens with zero attached hydrogens (tertiary/aromatic N) is 1.